The number of rotatable bonds is 8. The van der Waals surface area contributed by atoms with Gasteiger partial charge in [0.25, 0.3) is 0 Å². The van der Waals surface area contributed by atoms with Crippen LogP contribution in [-0.4, -0.2) is 44.5 Å². The molecule has 0 saturated carbocycles. The summed E-state index contributed by atoms with van der Waals surface area (Å²) in [6.07, 6.45) is 2.65. The second-order valence-corrected chi connectivity index (χ2v) is 10.4. The smallest absolute Gasteiger partial charge is 0.243 e. The molecule has 1 fully saturated rings. The zero-order valence-corrected chi connectivity index (χ0v) is 20.1. The highest BCUT2D eigenvalue weighted by Crippen LogP contribution is 2.28. The van der Waals surface area contributed by atoms with Crippen LogP contribution in [0.2, 0.25) is 0 Å². The van der Waals surface area contributed by atoms with Gasteiger partial charge in [-0.05, 0) is 67.1 Å². The Morgan fingerprint density at radius 2 is 1.94 bits per heavy atom. The molecule has 0 spiro atoms. The third-order valence-electron chi connectivity index (χ3n) is 5.95. The fourth-order valence-electron chi connectivity index (χ4n) is 4.03. The Bertz CT molecular complexity index is 1260. The van der Waals surface area contributed by atoms with Crippen molar-refractivity contribution in [3.8, 4) is 23.3 Å². The number of nitriles is 1. The van der Waals surface area contributed by atoms with Gasteiger partial charge in [0.15, 0.2) is 0 Å². The largest absolute Gasteiger partial charge is 0.497 e. The summed E-state index contributed by atoms with van der Waals surface area (Å²) in [5.74, 6) is 1.71. The number of ether oxygens (including phenoxy) is 1. The minimum absolute atomic E-state index is 0.156. The van der Waals surface area contributed by atoms with Crippen LogP contribution in [0.3, 0.4) is 0 Å². The van der Waals surface area contributed by atoms with Crippen LogP contribution >= 0.6 is 0 Å². The van der Waals surface area contributed by atoms with Crippen LogP contribution in [0.4, 0.5) is 5.88 Å². The number of sulfonamides is 1. The number of nitrogens with zero attached hydrogens (tertiary/aromatic N) is 3. The molecule has 0 unspecified atom stereocenters. The van der Waals surface area contributed by atoms with Crippen molar-refractivity contribution < 1.29 is 17.6 Å². The number of nitrogens with one attached hydrogen (secondary N) is 1. The molecule has 1 N–H and O–H groups in total. The lowest BCUT2D eigenvalue weighted by molar-refractivity contribution is 0.281. The first-order valence-corrected chi connectivity index (χ1v) is 12.7. The first kappa shape index (κ1) is 23.8. The van der Waals surface area contributed by atoms with Crippen molar-refractivity contribution in [3.05, 3.63) is 59.8 Å². The summed E-state index contributed by atoms with van der Waals surface area (Å²) < 4.78 is 38.5. The van der Waals surface area contributed by atoms with Crippen LogP contribution < -0.4 is 10.1 Å². The van der Waals surface area contributed by atoms with E-state index in [9.17, 15) is 13.7 Å². The van der Waals surface area contributed by atoms with Crippen LogP contribution in [0, 0.1) is 17.2 Å². The van der Waals surface area contributed by atoms with Crippen molar-refractivity contribution in [2.45, 2.75) is 31.1 Å². The molecule has 8 nitrogen and oxygen atoms in total. The standard InChI is InChI=1S/C25H28N4O4S/c1-18-4-3-15-29(17-18)34(30,31)22-11-7-20(8-12-22)24-28-23(16-26)25(33-24)27-14-13-19-5-9-21(32-2)10-6-19/h5-12,18,27H,3-4,13-15,17H2,1-2H3/t18-/m1/s1. The van der Waals surface area contributed by atoms with Gasteiger partial charge in [0.05, 0.1) is 12.0 Å². The van der Waals surface area contributed by atoms with E-state index in [1.807, 2.05) is 30.3 Å². The van der Waals surface area contributed by atoms with Gasteiger partial charge >= 0.3 is 0 Å². The van der Waals surface area contributed by atoms with Crippen molar-refractivity contribution in [3.63, 3.8) is 0 Å². The molecule has 4 rings (SSSR count). The quantitative estimate of drug-likeness (QED) is 0.512. The molecular formula is C25H28N4O4S. The average Bonchev–Trinajstić information content (AvgIpc) is 3.28. The van der Waals surface area contributed by atoms with E-state index in [-0.39, 0.29) is 16.5 Å². The Hall–Kier alpha value is -3.35. The maximum absolute atomic E-state index is 13.0. The van der Waals surface area contributed by atoms with Crippen LogP contribution in [-0.2, 0) is 16.4 Å². The zero-order chi connectivity index (χ0) is 24.1. The van der Waals surface area contributed by atoms with Crippen LogP contribution in [0.1, 0.15) is 31.0 Å². The van der Waals surface area contributed by atoms with E-state index >= 15 is 0 Å². The summed E-state index contributed by atoms with van der Waals surface area (Å²) in [6.45, 7) is 3.72. The number of aromatic nitrogens is 1. The number of anilines is 1. The summed E-state index contributed by atoms with van der Waals surface area (Å²) >= 11 is 0. The predicted molar refractivity (Wildman–Crippen MR) is 129 cm³/mol. The van der Waals surface area contributed by atoms with Gasteiger partial charge in [0, 0.05) is 25.2 Å². The molecule has 34 heavy (non-hydrogen) atoms. The van der Waals surface area contributed by atoms with Crippen LogP contribution in [0.5, 0.6) is 5.75 Å². The van der Waals surface area contributed by atoms with Crippen molar-refractivity contribution in [1.29, 1.82) is 5.26 Å². The predicted octanol–water partition coefficient (Wildman–Crippen LogP) is 4.30. The second-order valence-electron chi connectivity index (χ2n) is 8.47. The maximum atomic E-state index is 13.0. The average molecular weight is 481 g/mol. The first-order valence-electron chi connectivity index (χ1n) is 11.3. The highest BCUT2D eigenvalue weighted by molar-refractivity contribution is 7.89. The normalized spacial score (nSPS) is 16.7. The number of methoxy groups -OCH3 is 1. The molecule has 1 aliphatic heterocycles. The summed E-state index contributed by atoms with van der Waals surface area (Å²) in [7, 11) is -1.91. The Morgan fingerprint density at radius 3 is 2.59 bits per heavy atom. The van der Waals surface area contributed by atoms with Gasteiger partial charge in [0.2, 0.25) is 27.5 Å². The third kappa shape index (κ3) is 5.24. The molecule has 0 aliphatic carbocycles. The molecule has 0 radical (unpaired) electrons. The molecule has 1 saturated heterocycles. The van der Waals surface area contributed by atoms with Crippen LogP contribution in [0.25, 0.3) is 11.5 Å². The van der Waals surface area contributed by atoms with Gasteiger partial charge in [-0.1, -0.05) is 19.1 Å². The zero-order valence-electron chi connectivity index (χ0n) is 19.3. The maximum Gasteiger partial charge on any atom is 0.243 e. The van der Waals surface area contributed by atoms with Gasteiger partial charge in [-0.15, -0.1) is 0 Å². The molecule has 2 heterocycles. The van der Waals surface area contributed by atoms with E-state index in [1.54, 1.807) is 35.7 Å². The van der Waals surface area contributed by atoms with E-state index in [0.29, 0.717) is 37.0 Å². The number of hydrogen-bond acceptors (Lipinski definition) is 7. The number of piperidine rings is 1. The molecule has 1 aliphatic rings. The number of oxazole rings is 1. The monoisotopic (exact) mass is 480 g/mol. The summed E-state index contributed by atoms with van der Waals surface area (Å²) in [5, 5.41) is 12.6. The van der Waals surface area contributed by atoms with Gasteiger partial charge in [0.1, 0.15) is 11.8 Å². The molecule has 3 aromatic rings. The summed E-state index contributed by atoms with van der Waals surface area (Å²) in [5.41, 5.74) is 1.88. The molecule has 0 bridgehead atoms. The lowest BCUT2D eigenvalue weighted by atomic mass is 10.0. The van der Waals surface area contributed by atoms with E-state index in [2.05, 4.69) is 17.2 Å². The Balaban J connectivity index is 1.44. The molecule has 178 valence electrons. The summed E-state index contributed by atoms with van der Waals surface area (Å²) in [4.78, 5) is 4.52. The molecule has 1 atom stereocenters. The molecule has 2 aromatic carbocycles. The van der Waals surface area contributed by atoms with E-state index < -0.39 is 10.0 Å². The Kier molecular flexibility index (Phi) is 7.20. The van der Waals surface area contributed by atoms with Crippen molar-refractivity contribution >= 4 is 15.9 Å². The molecule has 0 amide bonds. The van der Waals surface area contributed by atoms with Gasteiger partial charge in [-0.3, -0.25) is 0 Å². The van der Waals surface area contributed by atoms with Crippen molar-refractivity contribution in [2.24, 2.45) is 5.92 Å². The fourth-order valence-corrected chi connectivity index (χ4v) is 5.63. The van der Waals surface area contributed by atoms with Gasteiger partial charge in [-0.2, -0.15) is 14.6 Å². The summed E-state index contributed by atoms with van der Waals surface area (Å²) in [6, 6.07) is 16.3. The van der Waals surface area contributed by atoms with E-state index in [4.69, 9.17) is 9.15 Å². The number of benzene rings is 2. The van der Waals surface area contributed by atoms with E-state index in [1.165, 1.54) is 0 Å². The minimum atomic E-state index is -3.53. The van der Waals surface area contributed by atoms with Crippen molar-refractivity contribution in [2.75, 3.05) is 32.1 Å². The topological polar surface area (TPSA) is 108 Å². The first-order chi connectivity index (χ1) is 16.4. The third-order valence-corrected chi connectivity index (χ3v) is 7.83. The Labute approximate surface area is 200 Å². The highest BCUT2D eigenvalue weighted by atomic mass is 32.2. The van der Waals surface area contributed by atoms with E-state index in [0.717, 1.165) is 30.6 Å². The lowest BCUT2D eigenvalue weighted by Gasteiger charge is -2.30. The van der Waals surface area contributed by atoms with Crippen LogP contribution in [0.15, 0.2) is 57.8 Å². The fraction of sp³-hybridized carbons (Fsp3) is 0.360. The molecule has 9 heteroatoms. The Morgan fingerprint density at radius 1 is 1.21 bits per heavy atom. The highest BCUT2D eigenvalue weighted by Gasteiger charge is 2.28. The van der Waals surface area contributed by atoms with Gasteiger partial charge in [-0.25, -0.2) is 8.42 Å². The molecule has 1 aromatic heterocycles. The van der Waals surface area contributed by atoms with Crippen molar-refractivity contribution in [1.82, 2.24) is 9.29 Å². The second kappa shape index (κ2) is 10.3. The van der Waals surface area contributed by atoms with Gasteiger partial charge < -0.3 is 14.5 Å². The minimum Gasteiger partial charge on any atom is -0.497 e. The molecular weight excluding hydrogens is 452 g/mol. The lowest BCUT2D eigenvalue weighted by Crippen LogP contribution is -2.39. The number of hydrogen-bond donors (Lipinski definition) is 1. The SMILES string of the molecule is COc1ccc(CCNc2oc(-c3ccc(S(=O)(=O)N4CCC[C@@H](C)C4)cc3)nc2C#N)cc1.